The van der Waals surface area contributed by atoms with Gasteiger partial charge >= 0.3 is 5.97 Å². The van der Waals surface area contributed by atoms with Crippen molar-refractivity contribution >= 4 is 23.3 Å². The first kappa shape index (κ1) is 21.1. The van der Waals surface area contributed by atoms with Gasteiger partial charge in [0.25, 0.3) is 0 Å². The third-order valence-electron chi connectivity index (χ3n) is 5.83. The molecule has 31 heavy (non-hydrogen) atoms. The Balaban J connectivity index is 1.77. The van der Waals surface area contributed by atoms with E-state index in [1.54, 1.807) is 6.20 Å². The molecule has 1 aliphatic heterocycles. The highest BCUT2D eigenvalue weighted by molar-refractivity contribution is 7.80. The lowest BCUT2D eigenvalue weighted by atomic mass is 10.0. The fourth-order valence-electron chi connectivity index (χ4n) is 4.03. The van der Waals surface area contributed by atoms with Crippen molar-refractivity contribution in [1.29, 1.82) is 0 Å². The highest BCUT2D eigenvalue weighted by Gasteiger charge is 2.41. The second-order valence-corrected chi connectivity index (χ2v) is 8.10. The molecular weight excluding hydrogens is 408 g/mol. The standard InChI is InChI=1S/C24H26N4O2S/c1-16-9-10-18(15-17(16)2)27-13-6-8-20(27)23-22(19-7-4-5-12-25-19)26-24(31)28(23)14-11-21(29)30-3/h4-10,12-13,15,22-23H,11,14H2,1-3H3,(H,26,31)/t22-,23+/m0/s1. The molecule has 0 radical (unpaired) electrons. The molecule has 160 valence electrons. The van der Waals surface area contributed by atoms with Crippen LogP contribution in [0.5, 0.6) is 0 Å². The predicted octanol–water partition coefficient (Wildman–Crippen LogP) is 4.02. The van der Waals surface area contributed by atoms with Gasteiger partial charge in [-0.25, -0.2) is 0 Å². The summed E-state index contributed by atoms with van der Waals surface area (Å²) in [5, 5.41) is 4.04. The molecule has 3 aromatic rings. The smallest absolute Gasteiger partial charge is 0.307 e. The van der Waals surface area contributed by atoms with Crippen LogP contribution in [0.4, 0.5) is 0 Å². The monoisotopic (exact) mass is 434 g/mol. The van der Waals surface area contributed by atoms with Crippen LogP contribution >= 0.6 is 12.2 Å². The summed E-state index contributed by atoms with van der Waals surface area (Å²) >= 11 is 5.68. The Morgan fingerprint density at radius 1 is 1.16 bits per heavy atom. The largest absolute Gasteiger partial charge is 0.469 e. The number of carbonyl (C=O) groups is 1. The molecule has 0 bridgehead atoms. The topological polar surface area (TPSA) is 59.4 Å². The molecule has 4 rings (SSSR count). The van der Waals surface area contributed by atoms with Crippen molar-refractivity contribution in [2.45, 2.75) is 32.4 Å². The summed E-state index contributed by atoms with van der Waals surface area (Å²) in [4.78, 5) is 18.5. The van der Waals surface area contributed by atoms with Crippen molar-refractivity contribution in [3.05, 3.63) is 83.4 Å². The van der Waals surface area contributed by atoms with Crippen LogP contribution in [0.3, 0.4) is 0 Å². The van der Waals surface area contributed by atoms with Crippen molar-refractivity contribution in [3.8, 4) is 5.69 Å². The molecule has 0 unspecified atom stereocenters. The maximum Gasteiger partial charge on any atom is 0.307 e. The van der Waals surface area contributed by atoms with Crippen LogP contribution in [0, 0.1) is 13.8 Å². The molecular formula is C24H26N4O2S. The molecule has 2 atom stereocenters. The molecule has 1 fully saturated rings. The molecule has 3 heterocycles. The van der Waals surface area contributed by atoms with E-state index in [1.807, 2.05) is 24.3 Å². The van der Waals surface area contributed by atoms with Gasteiger partial charge < -0.3 is 19.5 Å². The Bertz CT molecular complexity index is 1100. The molecule has 0 amide bonds. The molecule has 1 N–H and O–H groups in total. The lowest BCUT2D eigenvalue weighted by molar-refractivity contribution is -0.140. The van der Waals surface area contributed by atoms with E-state index in [1.165, 1.54) is 18.2 Å². The van der Waals surface area contributed by atoms with E-state index < -0.39 is 0 Å². The highest BCUT2D eigenvalue weighted by Crippen LogP contribution is 2.39. The van der Waals surface area contributed by atoms with Crippen LogP contribution in [-0.4, -0.2) is 39.2 Å². The summed E-state index contributed by atoms with van der Waals surface area (Å²) in [6.45, 7) is 4.69. The number of rotatable bonds is 6. The van der Waals surface area contributed by atoms with Crippen LogP contribution in [0.2, 0.25) is 0 Å². The molecule has 1 aliphatic rings. The van der Waals surface area contributed by atoms with E-state index in [9.17, 15) is 4.79 Å². The minimum atomic E-state index is -0.257. The summed E-state index contributed by atoms with van der Waals surface area (Å²) in [6.07, 6.45) is 4.11. The number of methoxy groups -OCH3 is 1. The normalized spacial score (nSPS) is 18.2. The minimum Gasteiger partial charge on any atom is -0.469 e. The van der Waals surface area contributed by atoms with Gasteiger partial charge in [0.2, 0.25) is 0 Å². The summed E-state index contributed by atoms with van der Waals surface area (Å²) < 4.78 is 7.04. The van der Waals surface area contributed by atoms with Gasteiger partial charge in [-0.15, -0.1) is 0 Å². The lowest BCUT2D eigenvalue weighted by Crippen LogP contribution is -2.32. The number of pyridine rings is 1. The molecule has 2 aromatic heterocycles. The highest BCUT2D eigenvalue weighted by atomic mass is 32.1. The predicted molar refractivity (Wildman–Crippen MR) is 124 cm³/mol. The quantitative estimate of drug-likeness (QED) is 0.467. The summed E-state index contributed by atoms with van der Waals surface area (Å²) in [7, 11) is 1.40. The molecule has 0 saturated carbocycles. The minimum absolute atomic E-state index is 0.122. The SMILES string of the molecule is COC(=O)CCN1C(=S)N[C@@H](c2ccccn2)[C@H]1c1cccn1-c1ccc(C)c(C)c1. The number of carbonyl (C=O) groups excluding carboxylic acids is 1. The zero-order valence-corrected chi connectivity index (χ0v) is 18.7. The average molecular weight is 435 g/mol. The number of nitrogens with zero attached hydrogens (tertiary/aromatic N) is 3. The van der Waals surface area contributed by atoms with Gasteiger partial charge in [-0.2, -0.15) is 0 Å². The number of hydrogen-bond donors (Lipinski definition) is 1. The number of ether oxygens (including phenoxy) is 1. The second-order valence-electron chi connectivity index (χ2n) is 7.72. The van der Waals surface area contributed by atoms with Crippen LogP contribution in [-0.2, 0) is 9.53 Å². The summed E-state index contributed by atoms with van der Waals surface area (Å²) in [5.74, 6) is -0.257. The number of nitrogens with one attached hydrogen (secondary N) is 1. The summed E-state index contributed by atoms with van der Waals surface area (Å²) in [6, 6.07) is 16.2. The van der Waals surface area contributed by atoms with E-state index in [0.717, 1.165) is 17.1 Å². The fraction of sp³-hybridized carbons (Fsp3) is 0.292. The number of aryl methyl sites for hydroxylation is 2. The average Bonchev–Trinajstić information content (AvgIpc) is 3.38. The first-order valence-electron chi connectivity index (χ1n) is 10.3. The van der Waals surface area contributed by atoms with Crippen LogP contribution in [0.25, 0.3) is 5.69 Å². The number of hydrogen-bond acceptors (Lipinski definition) is 4. The second kappa shape index (κ2) is 8.89. The Kier molecular flexibility index (Phi) is 6.04. The zero-order chi connectivity index (χ0) is 22.0. The van der Waals surface area contributed by atoms with Crippen molar-refractivity contribution in [3.63, 3.8) is 0 Å². The third-order valence-corrected chi connectivity index (χ3v) is 6.19. The number of aromatic nitrogens is 2. The Morgan fingerprint density at radius 3 is 2.71 bits per heavy atom. The van der Waals surface area contributed by atoms with Gasteiger partial charge in [-0.1, -0.05) is 12.1 Å². The molecule has 0 aliphatic carbocycles. The van der Waals surface area contributed by atoms with Gasteiger partial charge in [-0.3, -0.25) is 9.78 Å². The van der Waals surface area contributed by atoms with Gasteiger partial charge in [-0.05, 0) is 73.6 Å². The number of benzene rings is 1. The fourth-order valence-corrected chi connectivity index (χ4v) is 4.36. The number of thiocarbonyl (C=S) groups is 1. The molecule has 0 spiro atoms. The Morgan fingerprint density at radius 2 is 2.00 bits per heavy atom. The van der Waals surface area contributed by atoms with E-state index in [4.69, 9.17) is 17.0 Å². The molecule has 6 nitrogen and oxygen atoms in total. The van der Waals surface area contributed by atoms with Gasteiger partial charge in [0.1, 0.15) is 0 Å². The lowest BCUT2D eigenvalue weighted by Gasteiger charge is -2.28. The van der Waals surface area contributed by atoms with Crippen molar-refractivity contribution in [2.75, 3.05) is 13.7 Å². The first-order valence-corrected chi connectivity index (χ1v) is 10.7. The molecule has 7 heteroatoms. The van der Waals surface area contributed by atoms with E-state index >= 15 is 0 Å². The third kappa shape index (κ3) is 4.18. The van der Waals surface area contributed by atoms with E-state index in [2.05, 4.69) is 64.1 Å². The van der Waals surface area contributed by atoms with Crippen LogP contribution in [0.15, 0.2) is 60.9 Å². The van der Waals surface area contributed by atoms with Crippen molar-refractivity contribution < 1.29 is 9.53 Å². The van der Waals surface area contributed by atoms with Crippen molar-refractivity contribution in [2.24, 2.45) is 0 Å². The maximum atomic E-state index is 11.8. The molecule has 1 saturated heterocycles. The van der Waals surface area contributed by atoms with Gasteiger partial charge in [0, 0.05) is 30.3 Å². The first-order chi connectivity index (χ1) is 15.0. The van der Waals surface area contributed by atoms with Crippen LogP contribution in [0.1, 0.15) is 41.0 Å². The number of esters is 1. The zero-order valence-electron chi connectivity index (χ0n) is 17.9. The van der Waals surface area contributed by atoms with Crippen molar-refractivity contribution in [1.82, 2.24) is 19.8 Å². The Hall–Kier alpha value is -3.19. The Labute approximate surface area is 187 Å². The van der Waals surface area contributed by atoms with Crippen LogP contribution < -0.4 is 5.32 Å². The van der Waals surface area contributed by atoms with Gasteiger partial charge in [0.05, 0.1) is 31.3 Å². The maximum absolute atomic E-state index is 11.8. The van der Waals surface area contributed by atoms with Gasteiger partial charge in [0.15, 0.2) is 5.11 Å². The summed E-state index contributed by atoms with van der Waals surface area (Å²) in [5.41, 5.74) is 5.57. The van der Waals surface area contributed by atoms with E-state index in [0.29, 0.717) is 11.7 Å². The molecule has 1 aromatic carbocycles. The van der Waals surface area contributed by atoms with E-state index in [-0.39, 0.29) is 24.5 Å².